The lowest BCUT2D eigenvalue weighted by atomic mass is 10.1. The Kier molecular flexibility index (Phi) is 3.34. The predicted octanol–water partition coefficient (Wildman–Crippen LogP) is 2.34. The third-order valence-corrected chi connectivity index (χ3v) is 4.10. The van der Waals surface area contributed by atoms with Gasteiger partial charge in [0.05, 0.1) is 13.2 Å². The average molecular weight is 313 g/mol. The van der Waals surface area contributed by atoms with Gasteiger partial charge < -0.3 is 18.6 Å². The van der Waals surface area contributed by atoms with Crippen LogP contribution < -0.4 is 0 Å². The summed E-state index contributed by atoms with van der Waals surface area (Å²) in [5, 5.41) is 4.79. The maximum absolute atomic E-state index is 13.0. The highest BCUT2D eigenvalue weighted by atomic mass is 16.5. The Labute approximate surface area is 131 Å². The molecule has 0 radical (unpaired) electrons. The van der Waals surface area contributed by atoms with Crippen molar-refractivity contribution >= 4 is 16.9 Å². The maximum atomic E-state index is 13.0. The molecule has 3 aromatic rings. The number of fused-ring (bicyclic) bond motifs is 1. The third-order valence-electron chi connectivity index (χ3n) is 4.10. The van der Waals surface area contributed by atoms with E-state index in [2.05, 4.69) is 10.1 Å². The maximum Gasteiger partial charge on any atom is 0.290 e. The second-order valence-electron chi connectivity index (χ2n) is 5.43. The molecule has 1 atom stereocenters. The van der Waals surface area contributed by atoms with E-state index in [1.807, 2.05) is 31.2 Å². The first-order valence-electron chi connectivity index (χ1n) is 7.39. The summed E-state index contributed by atoms with van der Waals surface area (Å²) >= 11 is 0. The van der Waals surface area contributed by atoms with Crippen molar-refractivity contribution in [1.82, 2.24) is 15.0 Å². The van der Waals surface area contributed by atoms with E-state index in [0.717, 1.165) is 10.9 Å². The number of carbonyl (C=O) groups is 1. The summed E-state index contributed by atoms with van der Waals surface area (Å²) in [6.07, 6.45) is 1.25. The molecule has 1 aliphatic rings. The van der Waals surface area contributed by atoms with Crippen molar-refractivity contribution in [3.05, 3.63) is 47.8 Å². The van der Waals surface area contributed by atoms with Crippen molar-refractivity contribution in [2.75, 3.05) is 19.8 Å². The third kappa shape index (κ3) is 2.29. The summed E-state index contributed by atoms with van der Waals surface area (Å²) in [7, 11) is 0. The molecule has 1 aromatic carbocycles. The lowest BCUT2D eigenvalue weighted by molar-refractivity contribution is -0.00723. The average Bonchev–Trinajstić information content (AvgIpc) is 3.23. The second-order valence-corrected chi connectivity index (χ2v) is 5.43. The van der Waals surface area contributed by atoms with E-state index < -0.39 is 0 Å². The number of carbonyl (C=O) groups excluding carboxylic acids is 1. The summed E-state index contributed by atoms with van der Waals surface area (Å²) in [6.45, 7) is 3.15. The van der Waals surface area contributed by atoms with Crippen molar-refractivity contribution in [1.29, 1.82) is 0 Å². The van der Waals surface area contributed by atoms with Gasteiger partial charge >= 0.3 is 0 Å². The van der Waals surface area contributed by atoms with Gasteiger partial charge in [0.1, 0.15) is 11.6 Å². The van der Waals surface area contributed by atoms with Crippen LogP contribution in [0.4, 0.5) is 0 Å². The van der Waals surface area contributed by atoms with Crippen molar-refractivity contribution in [2.45, 2.75) is 13.0 Å². The van der Waals surface area contributed by atoms with Crippen LogP contribution in [0.25, 0.3) is 11.0 Å². The summed E-state index contributed by atoms with van der Waals surface area (Å²) in [4.78, 5) is 18.7. The molecule has 0 spiro atoms. The normalized spacial score (nSPS) is 18.5. The lowest BCUT2D eigenvalue weighted by Gasteiger charge is -2.33. The van der Waals surface area contributed by atoms with E-state index >= 15 is 0 Å². The van der Waals surface area contributed by atoms with E-state index in [1.165, 1.54) is 6.39 Å². The van der Waals surface area contributed by atoms with Gasteiger partial charge in [0, 0.05) is 17.5 Å². The second kappa shape index (κ2) is 5.51. The molecular weight excluding hydrogens is 298 g/mol. The summed E-state index contributed by atoms with van der Waals surface area (Å²) in [5.74, 6) is 0.602. The van der Waals surface area contributed by atoms with Crippen molar-refractivity contribution in [3.8, 4) is 0 Å². The minimum atomic E-state index is -0.373. The van der Waals surface area contributed by atoms with Crippen LogP contribution in [-0.4, -0.2) is 40.7 Å². The number of rotatable bonds is 2. The Morgan fingerprint density at radius 2 is 2.22 bits per heavy atom. The van der Waals surface area contributed by atoms with Gasteiger partial charge in [-0.15, -0.1) is 0 Å². The van der Waals surface area contributed by atoms with Crippen molar-refractivity contribution < 1.29 is 18.5 Å². The Morgan fingerprint density at radius 1 is 1.35 bits per heavy atom. The molecule has 1 aliphatic heterocycles. The topological polar surface area (TPSA) is 81.6 Å². The van der Waals surface area contributed by atoms with Gasteiger partial charge in [-0.2, -0.15) is 4.98 Å². The smallest absolute Gasteiger partial charge is 0.290 e. The number of nitrogens with zero attached hydrogens (tertiary/aromatic N) is 3. The molecule has 7 nitrogen and oxygen atoms in total. The number of morpholine rings is 1. The number of hydrogen-bond donors (Lipinski definition) is 0. The zero-order valence-electron chi connectivity index (χ0n) is 12.6. The number of para-hydroxylation sites is 1. The molecule has 7 heteroatoms. The first-order chi connectivity index (χ1) is 11.3. The van der Waals surface area contributed by atoms with Crippen LogP contribution in [-0.2, 0) is 4.74 Å². The first kappa shape index (κ1) is 14.0. The number of benzene rings is 1. The van der Waals surface area contributed by atoms with E-state index in [1.54, 1.807) is 4.90 Å². The molecule has 2 aromatic heterocycles. The van der Waals surface area contributed by atoms with Crippen LogP contribution in [0.2, 0.25) is 0 Å². The molecule has 1 saturated heterocycles. The van der Waals surface area contributed by atoms with Crippen molar-refractivity contribution in [2.24, 2.45) is 0 Å². The molecule has 1 amide bonds. The molecule has 118 valence electrons. The lowest BCUT2D eigenvalue weighted by Crippen LogP contribution is -2.43. The van der Waals surface area contributed by atoms with Crippen LogP contribution in [0.3, 0.4) is 0 Å². The summed E-state index contributed by atoms with van der Waals surface area (Å²) in [6, 6.07) is 7.24. The first-order valence-corrected chi connectivity index (χ1v) is 7.39. The highest BCUT2D eigenvalue weighted by molar-refractivity contribution is 5.99. The van der Waals surface area contributed by atoms with E-state index in [-0.39, 0.29) is 11.9 Å². The van der Waals surface area contributed by atoms with Gasteiger partial charge in [0.25, 0.3) is 5.91 Å². The highest BCUT2D eigenvalue weighted by Crippen LogP contribution is 2.29. The number of aryl methyl sites for hydroxylation is 1. The molecule has 3 heterocycles. The minimum absolute atomic E-state index is 0.184. The van der Waals surface area contributed by atoms with Crippen LogP contribution in [0, 0.1) is 6.92 Å². The largest absolute Gasteiger partial charge is 0.451 e. The van der Waals surface area contributed by atoms with E-state index in [0.29, 0.717) is 36.9 Å². The zero-order valence-corrected chi connectivity index (χ0v) is 12.6. The minimum Gasteiger partial charge on any atom is -0.451 e. The Bertz CT molecular complexity index is 840. The number of ether oxygens (including phenoxy) is 1. The zero-order chi connectivity index (χ0) is 15.8. The molecule has 0 saturated carbocycles. The Morgan fingerprint density at radius 3 is 3.00 bits per heavy atom. The van der Waals surface area contributed by atoms with Crippen LogP contribution in [0.5, 0.6) is 0 Å². The number of hydrogen-bond acceptors (Lipinski definition) is 6. The molecule has 0 bridgehead atoms. The van der Waals surface area contributed by atoms with Gasteiger partial charge in [0.15, 0.2) is 11.6 Å². The monoisotopic (exact) mass is 313 g/mol. The van der Waals surface area contributed by atoms with Gasteiger partial charge in [0.2, 0.25) is 6.39 Å². The summed E-state index contributed by atoms with van der Waals surface area (Å²) < 4.78 is 16.0. The van der Waals surface area contributed by atoms with Gasteiger partial charge in [-0.25, -0.2) is 0 Å². The molecule has 0 N–H and O–H groups in total. The Balaban J connectivity index is 1.72. The fraction of sp³-hybridized carbons (Fsp3) is 0.312. The van der Waals surface area contributed by atoms with Crippen LogP contribution in [0.15, 0.2) is 39.6 Å². The fourth-order valence-corrected chi connectivity index (χ4v) is 2.90. The standard InChI is InChI=1S/C16H15N3O4/c1-10-11-4-2-3-5-13(11)23-14(10)16(20)19-6-7-21-8-12(19)15-17-9-22-18-15/h2-5,9,12H,6-8H2,1H3. The highest BCUT2D eigenvalue weighted by Gasteiger charge is 2.34. The Hall–Kier alpha value is -2.67. The van der Waals surface area contributed by atoms with Gasteiger partial charge in [-0.3, -0.25) is 4.79 Å². The summed E-state index contributed by atoms with van der Waals surface area (Å²) in [5.41, 5.74) is 1.54. The van der Waals surface area contributed by atoms with Crippen LogP contribution in [0.1, 0.15) is 28.0 Å². The molecule has 23 heavy (non-hydrogen) atoms. The number of amides is 1. The van der Waals surface area contributed by atoms with Gasteiger partial charge in [-0.1, -0.05) is 23.4 Å². The van der Waals surface area contributed by atoms with Crippen LogP contribution >= 0.6 is 0 Å². The van der Waals surface area contributed by atoms with E-state index in [9.17, 15) is 4.79 Å². The molecule has 1 unspecified atom stereocenters. The molecule has 4 rings (SSSR count). The molecule has 1 fully saturated rings. The van der Waals surface area contributed by atoms with Gasteiger partial charge in [-0.05, 0) is 13.0 Å². The number of furan rings is 1. The quantitative estimate of drug-likeness (QED) is 0.722. The predicted molar refractivity (Wildman–Crippen MR) is 79.8 cm³/mol. The fourth-order valence-electron chi connectivity index (χ4n) is 2.90. The van der Waals surface area contributed by atoms with Crippen molar-refractivity contribution in [3.63, 3.8) is 0 Å². The molecule has 0 aliphatic carbocycles. The SMILES string of the molecule is Cc1c(C(=O)N2CCOCC2c2ncon2)oc2ccccc12. The van der Waals surface area contributed by atoms with E-state index in [4.69, 9.17) is 13.7 Å². The molecular formula is C16H15N3O4. The number of aromatic nitrogens is 2.